The van der Waals surface area contributed by atoms with Gasteiger partial charge >= 0.3 is 0 Å². The number of benzene rings is 2. The number of amides is 2. The van der Waals surface area contributed by atoms with E-state index < -0.39 is 0 Å². The van der Waals surface area contributed by atoms with Gasteiger partial charge in [-0.05, 0) is 24.3 Å². The summed E-state index contributed by atoms with van der Waals surface area (Å²) in [7, 11) is 1.60. The minimum Gasteiger partial charge on any atom is -0.497 e. The van der Waals surface area contributed by atoms with Crippen LogP contribution in [0.15, 0.2) is 54.6 Å². The van der Waals surface area contributed by atoms with Crippen LogP contribution in [0.25, 0.3) is 0 Å². The third-order valence-corrected chi connectivity index (χ3v) is 5.87. The van der Waals surface area contributed by atoms with Gasteiger partial charge in [0, 0.05) is 5.56 Å². The van der Waals surface area contributed by atoms with Gasteiger partial charge in [-0.3, -0.25) is 9.59 Å². The number of hydrogen-bond acceptors (Lipinski definition) is 3. The number of imide groups is 1. The number of carbonyl (C=O) groups is 2. The summed E-state index contributed by atoms with van der Waals surface area (Å²) < 4.78 is 5.16. The van der Waals surface area contributed by atoms with Crippen LogP contribution in [0.2, 0.25) is 0 Å². The Bertz CT molecular complexity index is 830. The number of carbonyl (C=O) groups excluding carboxylic acids is 2. The molecule has 2 aliphatic rings. The second-order valence-electron chi connectivity index (χ2n) is 7.59. The fraction of sp³-hybridized carbons (Fsp3) is 0.364. The molecular formula is C22H27N3O3+2. The second kappa shape index (κ2) is 8.12. The highest BCUT2D eigenvalue weighted by atomic mass is 16.5. The van der Waals surface area contributed by atoms with Gasteiger partial charge in [-0.2, -0.15) is 0 Å². The van der Waals surface area contributed by atoms with E-state index in [0.29, 0.717) is 17.9 Å². The van der Waals surface area contributed by atoms with E-state index in [1.165, 1.54) is 15.4 Å². The average Bonchev–Trinajstić information content (AvgIpc) is 3.03. The van der Waals surface area contributed by atoms with Gasteiger partial charge in [-0.15, -0.1) is 0 Å². The number of anilines is 1. The molecular weight excluding hydrogens is 354 g/mol. The van der Waals surface area contributed by atoms with E-state index in [2.05, 4.69) is 24.3 Å². The standard InChI is InChI=1S/C22H25N3O3/c1-28-19-9-7-18(8-10-19)25-21(26)15-20(22(25)27)24-13-11-23(12-14-24)16-17-5-3-2-4-6-17/h2-10,20H,11-16H2,1H3/p+2/t20-/m1/s1. The highest BCUT2D eigenvalue weighted by molar-refractivity contribution is 6.21. The number of ether oxygens (including phenoxy) is 1. The molecule has 1 atom stereocenters. The van der Waals surface area contributed by atoms with E-state index >= 15 is 0 Å². The first-order chi connectivity index (χ1) is 13.7. The molecule has 2 aliphatic heterocycles. The second-order valence-corrected chi connectivity index (χ2v) is 7.59. The SMILES string of the molecule is COc1ccc(N2C(=O)C[C@@H]([NH+]3CC[NH+](Cc4ccccc4)CC3)C2=O)cc1. The van der Waals surface area contributed by atoms with Gasteiger partial charge in [0.1, 0.15) is 38.5 Å². The molecule has 6 nitrogen and oxygen atoms in total. The lowest BCUT2D eigenvalue weighted by Crippen LogP contribution is -3.29. The molecule has 2 amide bonds. The summed E-state index contributed by atoms with van der Waals surface area (Å²) in [5.74, 6) is 0.533. The van der Waals surface area contributed by atoms with Crippen LogP contribution in [-0.2, 0) is 16.1 Å². The van der Waals surface area contributed by atoms with Crippen LogP contribution in [0, 0.1) is 0 Å². The molecule has 2 aromatic carbocycles. The Morgan fingerprint density at radius 2 is 1.64 bits per heavy atom. The minimum absolute atomic E-state index is 0.0725. The lowest BCUT2D eigenvalue weighted by Gasteiger charge is -2.32. The van der Waals surface area contributed by atoms with Crippen LogP contribution in [0.5, 0.6) is 5.75 Å². The topological polar surface area (TPSA) is 55.5 Å². The van der Waals surface area contributed by atoms with E-state index in [4.69, 9.17) is 4.74 Å². The number of piperazine rings is 1. The number of quaternary nitrogens is 2. The van der Waals surface area contributed by atoms with Crippen molar-refractivity contribution in [3.05, 3.63) is 60.2 Å². The van der Waals surface area contributed by atoms with Gasteiger partial charge in [-0.1, -0.05) is 30.3 Å². The van der Waals surface area contributed by atoms with Crippen LogP contribution in [0.1, 0.15) is 12.0 Å². The van der Waals surface area contributed by atoms with Crippen molar-refractivity contribution in [2.45, 2.75) is 19.0 Å². The largest absolute Gasteiger partial charge is 0.497 e. The van der Waals surface area contributed by atoms with Crippen molar-refractivity contribution in [3.8, 4) is 5.75 Å². The number of methoxy groups -OCH3 is 1. The van der Waals surface area contributed by atoms with Gasteiger partial charge < -0.3 is 14.5 Å². The molecule has 0 aromatic heterocycles. The molecule has 28 heavy (non-hydrogen) atoms. The molecule has 0 bridgehead atoms. The van der Waals surface area contributed by atoms with Gasteiger partial charge in [-0.25, -0.2) is 4.90 Å². The van der Waals surface area contributed by atoms with Crippen molar-refractivity contribution in [2.75, 3.05) is 38.2 Å². The summed E-state index contributed by atoms with van der Waals surface area (Å²) in [5.41, 5.74) is 1.98. The molecule has 2 saturated heterocycles. The molecule has 2 heterocycles. The van der Waals surface area contributed by atoms with Gasteiger partial charge in [0.2, 0.25) is 5.91 Å². The van der Waals surface area contributed by atoms with E-state index in [-0.39, 0.29) is 17.9 Å². The van der Waals surface area contributed by atoms with Gasteiger partial charge in [0.05, 0.1) is 19.2 Å². The van der Waals surface area contributed by atoms with Crippen LogP contribution in [0.4, 0.5) is 5.69 Å². The number of hydrogen-bond donors (Lipinski definition) is 2. The highest BCUT2D eigenvalue weighted by Gasteiger charge is 2.46. The van der Waals surface area contributed by atoms with E-state index in [1.807, 2.05) is 6.07 Å². The number of rotatable bonds is 5. The molecule has 4 rings (SSSR count). The van der Waals surface area contributed by atoms with Crippen molar-refractivity contribution in [3.63, 3.8) is 0 Å². The molecule has 0 saturated carbocycles. The predicted octanol–water partition coefficient (Wildman–Crippen LogP) is -0.689. The predicted molar refractivity (Wildman–Crippen MR) is 105 cm³/mol. The van der Waals surface area contributed by atoms with E-state index in [0.717, 1.165) is 32.7 Å². The van der Waals surface area contributed by atoms with Crippen molar-refractivity contribution >= 4 is 17.5 Å². The summed E-state index contributed by atoms with van der Waals surface area (Å²) in [6.45, 7) is 4.89. The smallest absolute Gasteiger partial charge is 0.292 e. The zero-order valence-corrected chi connectivity index (χ0v) is 16.2. The lowest BCUT2D eigenvalue weighted by atomic mass is 10.1. The maximum absolute atomic E-state index is 13.0. The molecule has 2 aromatic rings. The summed E-state index contributed by atoms with van der Waals surface area (Å²) in [4.78, 5) is 29.7. The number of nitrogens with one attached hydrogen (secondary N) is 2. The van der Waals surface area contributed by atoms with E-state index in [1.54, 1.807) is 36.3 Å². The zero-order chi connectivity index (χ0) is 19.5. The molecule has 0 unspecified atom stereocenters. The maximum atomic E-state index is 13.0. The van der Waals surface area contributed by atoms with Crippen molar-refractivity contribution in [1.29, 1.82) is 0 Å². The molecule has 0 aliphatic carbocycles. The normalized spacial score (nSPS) is 25.2. The van der Waals surface area contributed by atoms with Crippen LogP contribution >= 0.6 is 0 Å². The molecule has 146 valence electrons. The Balaban J connectivity index is 1.37. The first-order valence-electron chi connectivity index (χ1n) is 9.88. The average molecular weight is 381 g/mol. The van der Waals surface area contributed by atoms with Crippen molar-refractivity contribution in [1.82, 2.24) is 0 Å². The van der Waals surface area contributed by atoms with Crippen molar-refractivity contribution < 1.29 is 24.1 Å². The molecule has 0 spiro atoms. The molecule has 0 radical (unpaired) electrons. The summed E-state index contributed by atoms with van der Waals surface area (Å²) in [5, 5.41) is 0. The maximum Gasteiger partial charge on any atom is 0.292 e. The summed E-state index contributed by atoms with van der Waals surface area (Å²) in [6, 6.07) is 17.4. The Hall–Kier alpha value is -2.70. The Morgan fingerprint density at radius 1 is 0.964 bits per heavy atom. The third kappa shape index (κ3) is 3.79. The molecule has 2 N–H and O–H groups in total. The number of nitrogens with zero attached hydrogens (tertiary/aromatic N) is 1. The molecule has 2 fully saturated rings. The first kappa shape index (κ1) is 18.7. The summed E-state index contributed by atoms with van der Waals surface area (Å²) >= 11 is 0. The van der Waals surface area contributed by atoms with Crippen LogP contribution in [0.3, 0.4) is 0 Å². The third-order valence-electron chi connectivity index (χ3n) is 5.87. The van der Waals surface area contributed by atoms with Crippen LogP contribution < -0.4 is 19.4 Å². The Labute approximate surface area is 165 Å². The zero-order valence-electron chi connectivity index (χ0n) is 16.2. The minimum atomic E-state index is -0.257. The van der Waals surface area contributed by atoms with Crippen molar-refractivity contribution in [2.24, 2.45) is 0 Å². The Morgan fingerprint density at radius 3 is 2.29 bits per heavy atom. The van der Waals surface area contributed by atoms with Crippen LogP contribution in [-0.4, -0.2) is 51.1 Å². The lowest BCUT2D eigenvalue weighted by molar-refractivity contribution is -1.02. The van der Waals surface area contributed by atoms with E-state index in [9.17, 15) is 9.59 Å². The fourth-order valence-electron chi connectivity index (χ4n) is 4.29. The van der Waals surface area contributed by atoms with Gasteiger partial charge in [0.25, 0.3) is 5.91 Å². The molecule has 6 heteroatoms. The monoisotopic (exact) mass is 381 g/mol. The summed E-state index contributed by atoms with van der Waals surface area (Å²) in [6.07, 6.45) is 0.300. The fourth-order valence-corrected chi connectivity index (χ4v) is 4.29. The Kier molecular flexibility index (Phi) is 5.41. The first-order valence-corrected chi connectivity index (χ1v) is 9.88. The van der Waals surface area contributed by atoms with Gasteiger partial charge in [0.15, 0.2) is 6.04 Å². The highest BCUT2D eigenvalue weighted by Crippen LogP contribution is 2.24. The quantitative estimate of drug-likeness (QED) is 0.675.